The molecule has 0 aliphatic carbocycles. The zero-order chi connectivity index (χ0) is 28.6. The summed E-state index contributed by atoms with van der Waals surface area (Å²) >= 11 is 4.10. The Hall–Kier alpha value is -4.08. The predicted octanol–water partition coefficient (Wildman–Crippen LogP) is 4.47. The molecule has 0 spiro atoms. The van der Waals surface area contributed by atoms with Crippen LogP contribution < -0.4 is 9.64 Å². The van der Waals surface area contributed by atoms with Gasteiger partial charge in [-0.1, -0.05) is 43.0 Å². The van der Waals surface area contributed by atoms with E-state index in [0.717, 1.165) is 16.3 Å². The summed E-state index contributed by atoms with van der Waals surface area (Å²) in [6.07, 6.45) is 1.35. The van der Waals surface area contributed by atoms with Crippen molar-refractivity contribution in [3.05, 3.63) is 66.4 Å². The van der Waals surface area contributed by atoms with Gasteiger partial charge in [-0.2, -0.15) is 15.2 Å². The number of pyridine rings is 1. The van der Waals surface area contributed by atoms with Gasteiger partial charge in [0.1, 0.15) is 23.0 Å². The molecule has 1 atom stereocenters. The average molecular weight is 574 g/mol. The molecule has 5 rings (SSSR count). The lowest BCUT2D eigenvalue weighted by Gasteiger charge is -2.48. The fourth-order valence-corrected chi connectivity index (χ4v) is 5.72. The first-order valence-electron chi connectivity index (χ1n) is 12.3. The highest BCUT2D eigenvalue weighted by Gasteiger charge is 2.42. The number of thiol groups is 1. The third-order valence-corrected chi connectivity index (χ3v) is 7.65. The molecular formula is C28H23F2N6O2SSi. The first kappa shape index (κ1) is 27.5. The van der Waals surface area contributed by atoms with Crippen molar-refractivity contribution in [2.75, 3.05) is 30.5 Å². The molecule has 1 amide bonds. The van der Waals surface area contributed by atoms with Crippen molar-refractivity contribution in [3.63, 3.8) is 0 Å². The van der Waals surface area contributed by atoms with E-state index in [-0.39, 0.29) is 49.2 Å². The standard InChI is InChI=1S/C28H23F2N6O2SSi/c1-16-5-3-6-18-7-4-8-19(21(16)18)23-22(30)24-20(13-32-23)25(34-27(33-24)38-15-39)35-11-12-36(26(37)17(2)29)28(40,14-35)9-10-31/h3-8,13,39H,2,9,11-12,14-15H2,1H3/t28-/m0/s1. The molecule has 1 saturated heterocycles. The van der Waals surface area contributed by atoms with E-state index in [1.807, 2.05) is 49.4 Å². The van der Waals surface area contributed by atoms with Gasteiger partial charge in [0.2, 0.25) is 0 Å². The van der Waals surface area contributed by atoms with Crippen molar-refractivity contribution in [1.29, 1.82) is 5.26 Å². The topological polar surface area (TPSA) is 95.2 Å². The number of anilines is 1. The van der Waals surface area contributed by atoms with Gasteiger partial charge < -0.3 is 14.5 Å². The Bertz CT molecular complexity index is 1710. The second-order valence-corrected chi connectivity index (χ2v) is 10.6. The third-order valence-electron chi connectivity index (χ3n) is 6.92. The molecule has 0 bridgehead atoms. The summed E-state index contributed by atoms with van der Waals surface area (Å²) in [7, 11) is 3.55. The Morgan fingerprint density at radius 1 is 1.27 bits per heavy atom. The molecule has 0 unspecified atom stereocenters. The number of ether oxygens (including phenoxy) is 1. The summed E-state index contributed by atoms with van der Waals surface area (Å²) in [6.45, 7) is 5.35. The highest BCUT2D eigenvalue weighted by Crippen LogP contribution is 2.37. The van der Waals surface area contributed by atoms with E-state index in [4.69, 9.17) is 4.74 Å². The van der Waals surface area contributed by atoms with E-state index in [1.165, 1.54) is 11.1 Å². The minimum Gasteiger partial charge on any atom is -0.453 e. The van der Waals surface area contributed by atoms with E-state index in [2.05, 4.69) is 44.4 Å². The number of carbonyl (C=O) groups is 1. The van der Waals surface area contributed by atoms with Crippen molar-refractivity contribution < 1.29 is 18.3 Å². The number of rotatable bonds is 6. The quantitative estimate of drug-likeness (QED) is 0.157. The number of halogens is 2. The molecule has 3 radical (unpaired) electrons. The molecule has 4 aromatic rings. The van der Waals surface area contributed by atoms with Crippen LogP contribution >= 0.6 is 12.6 Å². The Kier molecular flexibility index (Phi) is 7.44. The smallest absolute Gasteiger partial charge is 0.319 e. The summed E-state index contributed by atoms with van der Waals surface area (Å²) in [5.41, 5.74) is 1.72. The van der Waals surface area contributed by atoms with E-state index in [9.17, 15) is 14.4 Å². The van der Waals surface area contributed by atoms with Crippen LogP contribution in [0, 0.1) is 24.1 Å². The van der Waals surface area contributed by atoms with Crippen LogP contribution in [0.1, 0.15) is 12.0 Å². The SMILES string of the molecule is C=C(F)C(=O)N1CCN(c2nc(OCS)nc3c(F)c(-c4cccc5cccc(C)c45)ncc23)C[C@@]1([Si])CC#N. The first-order valence-corrected chi connectivity index (χ1v) is 13.4. The number of piperazine rings is 1. The molecule has 3 heterocycles. The Labute approximate surface area is 238 Å². The molecule has 2 aromatic heterocycles. The minimum atomic E-state index is -1.26. The van der Waals surface area contributed by atoms with Gasteiger partial charge in [-0.15, -0.1) is 12.6 Å². The zero-order valence-corrected chi connectivity index (χ0v) is 23.4. The molecule has 40 heavy (non-hydrogen) atoms. The van der Waals surface area contributed by atoms with Gasteiger partial charge >= 0.3 is 6.01 Å². The number of benzene rings is 2. The van der Waals surface area contributed by atoms with Gasteiger partial charge in [-0.05, 0) is 23.3 Å². The normalized spacial score (nSPS) is 17.2. The number of fused-ring (bicyclic) bond motifs is 2. The molecule has 1 fully saturated rings. The van der Waals surface area contributed by atoms with Gasteiger partial charge in [0, 0.05) is 31.4 Å². The summed E-state index contributed by atoms with van der Waals surface area (Å²) in [5, 5.41) is 10.4. The second kappa shape index (κ2) is 10.8. The van der Waals surface area contributed by atoms with E-state index in [1.54, 1.807) is 4.90 Å². The zero-order valence-electron chi connectivity index (χ0n) is 21.5. The number of aryl methyl sites for hydroxylation is 1. The largest absolute Gasteiger partial charge is 0.453 e. The van der Waals surface area contributed by atoms with Gasteiger partial charge in [0.05, 0.1) is 33.3 Å². The highest BCUT2D eigenvalue weighted by molar-refractivity contribution is 7.80. The summed E-state index contributed by atoms with van der Waals surface area (Å²) < 4.78 is 35.5. The van der Waals surface area contributed by atoms with Crippen LogP contribution in [0.3, 0.4) is 0 Å². The van der Waals surface area contributed by atoms with Crippen LogP contribution in [-0.2, 0) is 4.79 Å². The van der Waals surface area contributed by atoms with Crippen LogP contribution in [-0.4, -0.2) is 66.7 Å². The lowest BCUT2D eigenvalue weighted by Crippen LogP contribution is -2.64. The molecule has 1 aliphatic rings. The third kappa shape index (κ3) is 4.75. The van der Waals surface area contributed by atoms with E-state index >= 15 is 4.39 Å². The number of nitrogens with zero attached hydrogens (tertiary/aromatic N) is 6. The maximum atomic E-state index is 16.3. The van der Waals surface area contributed by atoms with Gasteiger partial charge in [0.15, 0.2) is 11.6 Å². The maximum absolute atomic E-state index is 16.3. The fraction of sp³-hybridized carbons (Fsp3) is 0.250. The number of nitriles is 1. The van der Waals surface area contributed by atoms with Crippen molar-refractivity contribution >= 4 is 56.3 Å². The van der Waals surface area contributed by atoms with Crippen LogP contribution in [0.4, 0.5) is 14.6 Å². The molecule has 2 aromatic carbocycles. The van der Waals surface area contributed by atoms with Crippen LogP contribution in [0.15, 0.2) is 55.0 Å². The summed E-state index contributed by atoms with van der Waals surface area (Å²) in [6, 6.07) is 13.4. The number of hydrogen-bond donors (Lipinski definition) is 1. The second-order valence-electron chi connectivity index (χ2n) is 9.41. The van der Waals surface area contributed by atoms with Crippen LogP contribution in [0.5, 0.6) is 6.01 Å². The first-order chi connectivity index (χ1) is 19.2. The van der Waals surface area contributed by atoms with Gasteiger partial charge in [-0.25, -0.2) is 8.78 Å². The molecule has 8 nitrogen and oxygen atoms in total. The molecule has 201 valence electrons. The Morgan fingerprint density at radius 2 is 2.02 bits per heavy atom. The Morgan fingerprint density at radius 3 is 2.73 bits per heavy atom. The number of aromatic nitrogens is 3. The maximum Gasteiger partial charge on any atom is 0.319 e. The summed E-state index contributed by atoms with van der Waals surface area (Å²) in [4.78, 5) is 28.8. The lowest BCUT2D eigenvalue weighted by atomic mass is 9.97. The highest BCUT2D eigenvalue weighted by atomic mass is 32.1. The van der Waals surface area contributed by atoms with Crippen molar-refractivity contribution in [2.45, 2.75) is 18.5 Å². The van der Waals surface area contributed by atoms with Crippen LogP contribution in [0.2, 0.25) is 0 Å². The average Bonchev–Trinajstić information content (AvgIpc) is 2.93. The molecular weight excluding hydrogens is 550 g/mol. The summed E-state index contributed by atoms with van der Waals surface area (Å²) in [5.74, 6) is -2.46. The van der Waals surface area contributed by atoms with Crippen molar-refractivity contribution in [3.8, 4) is 23.3 Å². The number of hydrogen-bond acceptors (Lipinski definition) is 8. The number of carbonyl (C=O) groups excluding carboxylic acids is 1. The lowest BCUT2D eigenvalue weighted by molar-refractivity contribution is -0.132. The molecule has 0 saturated carbocycles. The van der Waals surface area contributed by atoms with Crippen molar-refractivity contribution in [2.24, 2.45) is 0 Å². The molecule has 1 aliphatic heterocycles. The molecule has 12 heteroatoms. The van der Waals surface area contributed by atoms with E-state index < -0.39 is 22.7 Å². The monoisotopic (exact) mass is 573 g/mol. The predicted molar refractivity (Wildman–Crippen MR) is 152 cm³/mol. The number of amides is 1. The fourth-order valence-electron chi connectivity index (χ4n) is 5.12. The van der Waals surface area contributed by atoms with E-state index in [0.29, 0.717) is 16.8 Å². The molecule has 0 N–H and O–H groups in total. The van der Waals surface area contributed by atoms with Gasteiger partial charge in [-0.3, -0.25) is 9.78 Å². The van der Waals surface area contributed by atoms with Gasteiger partial charge in [0.25, 0.3) is 5.91 Å². The minimum absolute atomic E-state index is 0.00661. The van der Waals surface area contributed by atoms with Crippen molar-refractivity contribution in [1.82, 2.24) is 19.9 Å². The Balaban J connectivity index is 1.66. The van der Waals surface area contributed by atoms with Crippen LogP contribution in [0.25, 0.3) is 32.9 Å².